The highest BCUT2D eigenvalue weighted by atomic mass is 16.6. The Morgan fingerprint density at radius 3 is 2.62 bits per heavy atom. The van der Waals surface area contributed by atoms with Crippen molar-refractivity contribution in [3.63, 3.8) is 0 Å². The average Bonchev–Trinajstić information content (AvgIpc) is 3.10. The van der Waals surface area contributed by atoms with Gasteiger partial charge in [0.25, 0.3) is 5.91 Å². The fourth-order valence-electron chi connectivity index (χ4n) is 2.67. The van der Waals surface area contributed by atoms with E-state index < -0.39 is 5.91 Å². The molecule has 0 saturated carbocycles. The number of anilines is 1. The molecule has 0 saturated heterocycles. The van der Waals surface area contributed by atoms with Crippen molar-refractivity contribution in [3.05, 3.63) is 54.3 Å². The molecule has 1 aliphatic rings. The van der Waals surface area contributed by atoms with Gasteiger partial charge in [-0.25, -0.2) is 0 Å². The minimum Gasteiger partial charge on any atom is -0.486 e. The minimum absolute atomic E-state index is 0.165. The molecule has 7 heteroatoms. The summed E-state index contributed by atoms with van der Waals surface area (Å²) in [7, 11) is 0. The third-order valence-corrected chi connectivity index (χ3v) is 3.88. The number of rotatable bonds is 4. The first-order chi connectivity index (χ1) is 12.7. The Labute approximate surface area is 148 Å². The van der Waals surface area contributed by atoms with E-state index in [4.69, 9.17) is 13.9 Å². The Kier molecular flexibility index (Phi) is 4.18. The first kappa shape index (κ1) is 16.0. The van der Waals surface area contributed by atoms with Crippen LogP contribution < -0.4 is 20.1 Å². The molecule has 0 radical (unpaired) electrons. The van der Waals surface area contributed by atoms with Crippen LogP contribution in [0.2, 0.25) is 0 Å². The van der Waals surface area contributed by atoms with Crippen LogP contribution in [0.4, 0.5) is 5.69 Å². The van der Waals surface area contributed by atoms with Gasteiger partial charge >= 0.3 is 0 Å². The highest BCUT2D eigenvalue weighted by Gasteiger charge is 2.15. The number of carbonyl (C=O) groups is 2. The van der Waals surface area contributed by atoms with E-state index in [0.717, 1.165) is 5.39 Å². The van der Waals surface area contributed by atoms with Gasteiger partial charge in [-0.15, -0.1) is 0 Å². The molecule has 0 atom stereocenters. The third kappa shape index (κ3) is 3.32. The number of fused-ring (bicyclic) bond motifs is 2. The summed E-state index contributed by atoms with van der Waals surface area (Å²) in [5.41, 5.74) is 1.19. The minimum atomic E-state index is -0.446. The molecule has 2 aromatic carbocycles. The molecule has 26 heavy (non-hydrogen) atoms. The lowest BCUT2D eigenvalue weighted by atomic mass is 10.2. The van der Waals surface area contributed by atoms with Gasteiger partial charge in [-0.05, 0) is 24.3 Å². The highest BCUT2D eigenvalue weighted by Crippen LogP contribution is 2.32. The van der Waals surface area contributed by atoms with Crippen LogP contribution in [0.5, 0.6) is 11.5 Å². The molecular weight excluding hydrogens is 336 g/mol. The van der Waals surface area contributed by atoms with E-state index in [-0.39, 0.29) is 18.2 Å². The number of nitrogens with one attached hydrogen (secondary N) is 2. The number of furan rings is 1. The normalized spacial score (nSPS) is 12.6. The second-order valence-corrected chi connectivity index (χ2v) is 5.74. The first-order valence-electron chi connectivity index (χ1n) is 8.15. The van der Waals surface area contributed by atoms with Gasteiger partial charge in [0.1, 0.15) is 18.8 Å². The number of amides is 2. The summed E-state index contributed by atoms with van der Waals surface area (Å²) < 4.78 is 16.4. The summed E-state index contributed by atoms with van der Waals surface area (Å²) in [6, 6.07) is 14.1. The average molecular weight is 352 g/mol. The van der Waals surface area contributed by atoms with Crippen molar-refractivity contribution >= 4 is 28.5 Å². The molecule has 2 N–H and O–H groups in total. The SMILES string of the molecule is O=C(CNC(=O)c1cc2ccccc2o1)Nc1ccc2c(c1)OCCO2. The molecule has 2 heterocycles. The summed E-state index contributed by atoms with van der Waals surface area (Å²) in [6.07, 6.45) is 0. The van der Waals surface area contributed by atoms with E-state index in [2.05, 4.69) is 10.6 Å². The van der Waals surface area contributed by atoms with Gasteiger partial charge in [0.2, 0.25) is 5.91 Å². The van der Waals surface area contributed by atoms with Crippen molar-refractivity contribution in [1.29, 1.82) is 0 Å². The predicted octanol–water partition coefficient (Wildman–Crippen LogP) is 2.57. The largest absolute Gasteiger partial charge is 0.486 e. The molecule has 1 aliphatic heterocycles. The maximum Gasteiger partial charge on any atom is 0.287 e. The van der Waals surface area contributed by atoms with Crippen LogP contribution in [-0.4, -0.2) is 31.6 Å². The number of carbonyl (C=O) groups excluding carboxylic acids is 2. The Morgan fingerprint density at radius 2 is 1.77 bits per heavy atom. The van der Waals surface area contributed by atoms with Gasteiger partial charge < -0.3 is 24.5 Å². The van der Waals surface area contributed by atoms with Crippen LogP contribution in [0.3, 0.4) is 0 Å². The van der Waals surface area contributed by atoms with Crippen LogP contribution in [0, 0.1) is 0 Å². The molecule has 0 bridgehead atoms. The summed E-state index contributed by atoms with van der Waals surface area (Å²) in [6.45, 7) is 0.800. The van der Waals surface area contributed by atoms with Gasteiger partial charge in [0.15, 0.2) is 17.3 Å². The molecule has 2 amide bonds. The number of para-hydroxylation sites is 1. The lowest BCUT2D eigenvalue weighted by Crippen LogP contribution is -2.32. The molecule has 1 aromatic heterocycles. The Morgan fingerprint density at radius 1 is 0.962 bits per heavy atom. The lowest BCUT2D eigenvalue weighted by molar-refractivity contribution is -0.115. The van der Waals surface area contributed by atoms with E-state index in [1.54, 1.807) is 30.3 Å². The van der Waals surface area contributed by atoms with Crippen LogP contribution >= 0.6 is 0 Å². The molecule has 0 aliphatic carbocycles. The molecule has 0 unspecified atom stereocenters. The van der Waals surface area contributed by atoms with E-state index in [1.165, 1.54) is 0 Å². The predicted molar refractivity (Wildman–Crippen MR) is 94.6 cm³/mol. The molecule has 7 nitrogen and oxygen atoms in total. The lowest BCUT2D eigenvalue weighted by Gasteiger charge is -2.19. The van der Waals surface area contributed by atoms with E-state index in [0.29, 0.717) is 36.0 Å². The van der Waals surface area contributed by atoms with Crippen LogP contribution in [0.15, 0.2) is 52.9 Å². The quantitative estimate of drug-likeness (QED) is 0.753. The Bertz CT molecular complexity index is 946. The van der Waals surface area contributed by atoms with Crippen LogP contribution in [0.25, 0.3) is 11.0 Å². The van der Waals surface area contributed by atoms with E-state index in [1.807, 2.05) is 18.2 Å². The Balaban J connectivity index is 1.35. The van der Waals surface area contributed by atoms with Gasteiger partial charge in [-0.3, -0.25) is 9.59 Å². The van der Waals surface area contributed by atoms with E-state index in [9.17, 15) is 9.59 Å². The van der Waals surface area contributed by atoms with Crippen molar-refractivity contribution in [2.75, 3.05) is 25.1 Å². The maximum atomic E-state index is 12.1. The zero-order valence-electron chi connectivity index (χ0n) is 13.8. The molecule has 3 aromatic rings. The van der Waals surface area contributed by atoms with Crippen LogP contribution in [0.1, 0.15) is 10.6 Å². The smallest absolute Gasteiger partial charge is 0.287 e. The highest BCUT2D eigenvalue weighted by molar-refractivity contribution is 6.00. The third-order valence-electron chi connectivity index (χ3n) is 3.88. The number of ether oxygens (including phenoxy) is 2. The van der Waals surface area contributed by atoms with Gasteiger partial charge in [-0.1, -0.05) is 18.2 Å². The Hall–Kier alpha value is -3.48. The van der Waals surface area contributed by atoms with Crippen molar-refractivity contribution < 1.29 is 23.5 Å². The second-order valence-electron chi connectivity index (χ2n) is 5.74. The molecular formula is C19H16N2O5. The number of hydrogen-bond acceptors (Lipinski definition) is 5. The summed E-state index contributed by atoms with van der Waals surface area (Å²) in [5.74, 6) is 0.593. The molecule has 132 valence electrons. The molecule has 4 rings (SSSR count). The summed E-state index contributed by atoms with van der Waals surface area (Å²) >= 11 is 0. The van der Waals surface area contributed by atoms with Gasteiger partial charge in [-0.2, -0.15) is 0 Å². The van der Waals surface area contributed by atoms with Crippen molar-refractivity contribution in [2.45, 2.75) is 0 Å². The first-order valence-corrected chi connectivity index (χ1v) is 8.15. The topological polar surface area (TPSA) is 89.8 Å². The fraction of sp³-hybridized carbons (Fsp3) is 0.158. The standard InChI is InChI=1S/C19H16N2O5/c22-18(21-13-5-6-15-16(10-13)25-8-7-24-15)11-20-19(23)17-9-12-3-1-2-4-14(12)26-17/h1-6,9-10H,7-8,11H2,(H,20,23)(H,21,22). The van der Waals surface area contributed by atoms with Crippen LogP contribution in [-0.2, 0) is 4.79 Å². The second kappa shape index (κ2) is 6.79. The molecule has 0 fully saturated rings. The van der Waals surface area contributed by atoms with Crippen molar-refractivity contribution in [3.8, 4) is 11.5 Å². The number of benzene rings is 2. The summed E-state index contributed by atoms with van der Waals surface area (Å²) in [5, 5.41) is 6.08. The monoisotopic (exact) mass is 352 g/mol. The van der Waals surface area contributed by atoms with Gasteiger partial charge in [0.05, 0.1) is 6.54 Å². The van der Waals surface area contributed by atoms with E-state index >= 15 is 0 Å². The van der Waals surface area contributed by atoms with Gasteiger partial charge in [0, 0.05) is 17.1 Å². The zero-order chi connectivity index (χ0) is 17.9. The summed E-state index contributed by atoms with van der Waals surface area (Å²) in [4.78, 5) is 24.2. The van der Waals surface area contributed by atoms with Crippen molar-refractivity contribution in [2.24, 2.45) is 0 Å². The maximum absolute atomic E-state index is 12.1. The zero-order valence-corrected chi connectivity index (χ0v) is 13.8. The molecule has 0 spiro atoms. The fourth-order valence-corrected chi connectivity index (χ4v) is 2.67. The van der Waals surface area contributed by atoms with Crippen molar-refractivity contribution in [1.82, 2.24) is 5.32 Å². The number of hydrogen-bond donors (Lipinski definition) is 2.